The lowest BCUT2D eigenvalue weighted by molar-refractivity contribution is 0.475. The molecule has 0 radical (unpaired) electrons. The van der Waals surface area contributed by atoms with Gasteiger partial charge in [0.25, 0.3) is 0 Å². The zero-order chi connectivity index (χ0) is 46.7. The minimum atomic E-state index is 0.275. The molecule has 5 nitrogen and oxygen atoms in total. The number of aromatic nitrogens is 4. The number of nitrogens with one attached hydrogen (secondary N) is 2. The maximum absolute atomic E-state index is 10.4. The summed E-state index contributed by atoms with van der Waals surface area (Å²) in [4.78, 5) is 19.0. The molecule has 8 bridgehead atoms. The van der Waals surface area contributed by atoms with Gasteiger partial charge in [-0.2, -0.15) is 0 Å². The highest BCUT2D eigenvalue weighted by Crippen LogP contribution is 2.33. The number of nitrogens with zero attached hydrogens (tertiary/aromatic N) is 2. The summed E-state index contributed by atoms with van der Waals surface area (Å²) in [5.74, 6) is 0.275. The smallest absolute Gasteiger partial charge is 0.115 e. The molecule has 364 valence electrons. The summed E-state index contributed by atoms with van der Waals surface area (Å²) in [5.41, 5.74) is 14.8. The molecule has 0 aliphatic carbocycles. The SMILES string of the molecule is CCCCCCCCCCCCc1c2nc(c(CCCCCCCCCCCC)c3ccc([nH]3)c(-c3ccc(O)cc3)c3ccc([nH]3)c(CCCCCCCCCCCC)c3nc1C=C3)C=C2. The lowest BCUT2D eigenvalue weighted by atomic mass is 10.0. The largest absolute Gasteiger partial charge is 0.508 e. The summed E-state index contributed by atoms with van der Waals surface area (Å²) in [6, 6.07) is 16.7. The Kier molecular flexibility index (Phi) is 23.4. The molecule has 1 aromatic carbocycles. The van der Waals surface area contributed by atoms with E-state index in [1.54, 1.807) is 12.1 Å². The predicted molar refractivity (Wildman–Crippen MR) is 293 cm³/mol. The van der Waals surface area contributed by atoms with Crippen molar-refractivity contribution >= 4 is 46.4 Å². The van der Waals surface area contributed by atoms with E-state index in [9.17, 15) is 5.11 Å². The Hall–Kier alpha value is -4.38. The lowest BCUT2D eigenvalue weighted by Gasteiger charge is -2.07. The van der Waals surface area contributed by atoms with Gasteiger partial charge in [-0.1, -0.05) is 206 Å². The summed E-state index contributed by atoms with van der Waals surface area (Å²) in [6.07, 6.45) is 51.8. The predicted octanol–water partition coefficient (Wildman–Crippen LogP) is 19.4. The molecule has 6 rings (SSSR count). The number of hydrogen-bond acceptors (Lipinski definition) is 3. The third-order valence-corrected chi connectivity index (χ3v) is 14.6. The van der Waals surface area contributed by atoms with E-state index in [4.69, 9.17) is 9.97 Å². The Morgan fingerprint density at radius 2 is 0.612 bits per heavy atom. The van der Waals surface area contributed by atoms with Crippen molar-refractivity contribution in [3.8, 4) is 16.9 Å². The van der Waals surface area contributed by atoms with Gasteiger partial charge in [-0.25, -0.2) is 9.97 Å². The first-order valence-corrected chi connectivity index (χ1v) is 28.0. The normalized spacial score (nSPS) is 12.2. The molecular weight excluding hydrogens is 817 g/mol. The third-order valence-electron chi connectivity index (χ3n) is 14.6. The molecule has 0 atom stereocenters. The Labute approximate surface area is 407 Å². The third kappa shape index (κ3) is 17.0. The number of aromatic amines is 2. The Morgan fingerprint density at radius 1 is 0.328 bits per heavy atom. The number of aryl methyl sites for hydroxylation is 2. The van der Waals surface area contributed by atoms with Crippen LogP contribution in [0.5, 0.6) is 5.75 Å². The number of unbranched alkanes of at least 4 members (excludes halogenated alkanes) is 27. The highest BCUT2D eigenvalue weighted by atomic mass is 16.3. The molecule has 0 amide bonds. The van der Waals surface area contributed by atoms with E-state index < -0.39 is 0 Å². The van der Waals surface area contributed by atoms with Crippen LogP contribution in [-0.2, 0) is 19.3 Å². The van der Waals surface area contributed by atoms with Gasteiger partial charge in [-0.15, -0.1) is 0 Å². The molecule has 0 spiro atoms. The molecule has 0 unspecified atom stereocenters. The molecule has 0 saturated heterocycles. The van der Waals surface area contributed by atoms with Gasteiger partial charge >= 0.3 is 0 Å². The van der Waals surface area contributed by atoms with Crippen LogP contribution in [-0.4, -0.2) is 25.0 Å². The van der Waals surface area contributed by atoms with E-state index >= 15 is 0 Å². The van der Waals surface area contributed by atoms with E-state index in [-0.39, 0.29) is 5.75 Å². The van der Waals surface area contributed by atoms with Crippen LogP contribution < -0.4 is 0 Å². The van der Waals surface area contributed by atoms with E-state index in [2.05, 4.69) is 79.3 Å². The number of H-pyrrole nitrogens is 2. The van der Waals surface area contributed by atoms with Gasteiger partial charge in [0.05, 0.1) is 22.8 Å². The van der Waals surface area contributed by atoms with Crippen molar-refractivity contribution < 1.29 is 5.11 Å². The maximum Gasteiger partial charge on any atom is 0.115 e. The fourth-order valence-electron chi connectivity index (χ4n) is 10.5. The number of fused-ring (bicyclic) bond motifs is 8. The number of phenolic OH excluding ortho intramolecular Hbond substituents is 1. The number of hydrogen-bond donors (Lipinski definition) is 3. The van der Waals surface area contributed by atoms with Crippen molar-refractivity contribution in [3.05, 3.63) is 88.0 Å². The van der Waals surface area contributed by atoms with Crippen LogP contribution in [0.3, 0.4) is 0 Å². The zero-order valence-electron chi connectivity index (χ0n) is 42.6. The topological polar surface area (TPSA) is 77.6 Å². The average molecular weight is 907 g/mol. The number of benzene rings is 1. The van der Waals surface area contributed by atoms with Crippen LogP contribution >= 0.6 is 0 Å². The minimum Gasteiger partial charge on any atom is -0.508 e. The second kappa shape index (κ2) is 30.2. The van der Waals surface area contributed by atoms with Crippen LogP contribution in [0, 0.1) is 0 Å². The van der Waals surface area contributed by atoms with Gasteiger partial charge < -0.3 is 15.1 Å². The monoisotopic (exact) mass is 907 g/mol. The first-order valence-electron chi connectivity index (χ1n) is 28.0. The van der Waals surface area contributed by atoms with Crippen LogP contribution in [0.2, 0.25) is 0 Å². The molecule has 2 aliphatic heterocycles. The molecule has 0 fully saturated rings. The molecule has 0 saturated carbocycles. The van der Waals surface area contributed by atoms with Crippen molar-refractivity contribution in [2.24, 2.45) is 0 Å². The maximum atomic E-state index is 10.4. The van der Waals surface area contributed by atoms with E-state index in [1.165, 1.54) is 190 Å². The number of phenols is 1. The van der Waals surface area contributed by atoms with Crippen molar-refractivity contribution in [3.63, 3.8) is 0 Å². The second-order valence-corrected chi connectivity index (χ2v) is 20.2. The van der Waals surface area contributed by atoms with E-state index in [0.29, 0.717) is 0 Å². The standard InChI is InChI=1S/C62H90N4O/c1-4-7-10-13-16-19-22-25-28-31-34-51-54-41-43-56(63-54)52(35-32-29-26-23-20-17-14-11-8-5-2)58-45-47-60(65-58)62(49-37-39-50(67)40-38-49)61-48-46-59(66-61)53(57-44-42-55(51)64-57)36-33-30-27-24-21-18-15-12-9-6-3/h37-48,65-67H,4-36H2,1-3H3. The Balaban J connectivity index is 1.35. The molecule has 4 aromatic rings. The van der Waals surface area contributed by atoms with Gasteiger partial charge in [-0.05, 0) is 105 Å². The number of rotatable bonds is 34. The summed E-state index contributed by atoms with van der Waals surface area (Å²) in [6.45, 7) is 6.90. The van der Waals surface area contributed by atoms with Gasteiger partial charge in [0.1, 0.15) is 5.75 Å². The minimum absolute atomic E-state index is 0.275. The molecular formula is C62H90N4O. The summed E-state index contributed by atoms with van der Waals surface area (Å²) >= 11 is 0. The van der Waals surface area contributed by atoms with E-state index in [0.717, 1.165) is 94.5 Å². The average Bonchev–Trinajstić information content (AvgIpc) is 4.20. The van der Waals surface area contributed by atoms with E-state index in [1.807, 2.05) is 12.1 Å². The summed E-state index contributed by atoms with van der Waals surface area (Å²) in [5, 5.41) is 10.4. The fourth-order valence-corrected chi connectivity index (χ4v) is 10.5. The molecule has 3 N–H and O–H groups in total. The van der Waals surface area contributed by atoms with Crippen molar-refractivity contribution in [2.75, 3.05) is 0 Å². The Bertz CT molecular complexity index is 2130. The molecule has 5 heteroatoms. The molecule has 3 aromatic heterocycles. The van der Waals surface area contributed by atoms with Crippen molar-refractivity contribution in [2.45, 2.75) is 233 Å². The second-order valence-electron chi connectivity index (χ2n) is 20.2. The zero-order valence-corrected chi connectivity index (χ0v) is 42.6. The summed E-state index contributed by atoms with van der Waals surface area (Å²) in [7, 11) is 0. The van der Waals surface area contributed by atoms with Crippen LogP contribution in [0.4, 0.5) is 0 Å². The Morgan fingerprint density at radius 3 is 0.955 bits per heavy atom. The fraction of sp³-hybridized carbons (Fsp3) is 0.581. The van der Waals surface area contributed by atoms with Gasteiger partial charge in [0, 0.05) is 44.3 Å². The first kappa shape index (κ1) is 52.0. The van der Waals surface area contributed by atoms with Gasteiger partial charge in [-0.3, -0.25) is 0 Å². The van der Waals surface area contributed by atoms with Crippen LogP contribution in [0.1, 0.15) is 253 Å². The summed E-state index contributed by atoms with van der Waals surface area (Å²) < 4.78 is 0. The van der Waals surface area contributed by atoms with Crippen molar-refractivity contribution in [1.29, 1.82) is 0 Å². The van der Waals surface area contributed by atoms with Crippen LogP contribution in [0.15, 0.2) is 48.5 Å². The van der Waals surface area contributed by atoms with Gasteiger partial charge in [0.2, 0.25) is 0 Å². The van der Waals surface area contributed by atoms with Gasteiger partial charge in [0.15, 0.2) is 0 Å². The number of aromatic hydroxyl groups is 1. The first-order chi connectivity index (χ1) is 33.1. The lowest BCUT2D eigenvalue weighted by Crippen LogP contribution is -1.97. The molecule has 5 heterocycles. The van der Waals surface area contributed by atoms with Crippen LogP contribution in [0.25, 0.3) is 57.5 Å². The van der Waals surface area contributed by atoms with Crippen molar-refractivity contribution in [1.82, 2.24) is 19.9 Å². The quantitative estimate of drug-likeness (QED) is 0.0353. The highest BCUT2D eigenvalue weighted by Gasteiger charge is 2.17. The molecule has 2 aliphatic rings. The highest BCUT2D eigenvalue weighted by molar-refractivity contribution is 5.94. The molecule has 67 heavy (non-hydrogen) atoms.